The lowest BCUT2D eigenvalue weighted by Gasteiger charge is -2.15. The molecule has 1 amide bonds. The molecule has 0 aliphatic rings. The summed E-state index contributed by atoms with van der Waals surface area (Å²) in [4.78, 5) is 12.7. The molecule has 6 heteroatoms. The second-order valence-electron chi connectivity index (χ2n) is 8.80. The lowest BCUT2D eigenvalue weighted by Crippen LogP contribution is -2.10. The molecule has 0 atom stereocenters. The molecular weight excluding hydrogens is 472 g/mol. The van der Waals surface area contributed by atoms with Gasteiger partial charge in [-0.2, -0.15) is 0 Å². The highest BCUT2D eigenvalue weighted by Crippen LogP contribution is 2.42. The van der Waals surface area contributed by atoms with Crippen LogP contribution in [0.5, 0.6) is 5.75 Å². The average molecular weight is 498 g/mol. The molecule has 1 heterocycles. The summed E-state index contributed by atoms with van der Waals surface area (Å²) in [7, 11) is 0. The van der Waals surface area contributed by atoms with Gasteiger partial charge in [-0.3, -0.25) is 4.79 Å². The first-order valence-electron chi connectivity index (χ1n) is 12.0. The van der Waals surface area contributed by atoms with Gasteiger partial charge in [0.05, 0.1) is 18.6 Å². The van der Waals surface area contributed by atoms with Crippen LogP contribution in [-0.2, 0) is 4.79 Å². The zero-order valence-corrected chi connectivity index (χ0v) is 20.7. The highest BCUT2D eigenvalue weighted by Gasteiger charge is 2.20. The second-order valence-corrected chi connectivity index (χ2v) is 8.80. The lowest BCUT2D eigenvalue weighted by atomic mass is 9.94. The Morgan fingerprint density at radius 3 is 2.59 bits per heavy atom. The van der Waals surface area contributed by atoms with E-state index in [9.17, 15) is 13.6 Å². The van der Waals surface area contributed by atoms with Crippen molar-refractivity contribution >= 4 is 38.9 Å². The Labute approximate surface area is 213 Å². The number of fused-ring (bicyclic) bond motifs is 2. The number of allylic oxidation sites excluding steroid dienone is 1. The number of aryl methyl sites for hydroxylation is 1. The third kappa shape index (κ3) is 4.58. The minimum Gasteiger partial charge on any atom is -0.493 e. The highest BCUT2D eigenvalue weighted by molar-refractivity contribution is 6.08. The van der Waals surface area contributed by atoms with Crippen LogP contribution in [0.15, 0.2) is 83.5 Å². The number of hydrogen-bond acceptors (Lipinski definition) is 3. The first kappa shape index (κ1) is 24.3. The first-order chi connectivity index (χ1) is 17.9. The van der Waals surface area contributed by atoms with Gasteiger partial charge in [-0.15, -0.1) is 0 Å². The molecule has 186 valence electrons. The molecule has 0 spiro atoms. The Morgan fingerprint density at radius 2 is 1.78 bits per heavy atom. The maximum absolute atomic E-state index is 14.0. The predicted molar refractivity (Wildman–Crippen MR) is 144 cm³/mol. The van der Waals surface area contributed by atoms with Gasteiger partial charge < -0.3 is 14.5 Å². The molecule has 0 unspecified atom stereocenters. The van der Waals surface area contributed by atoms with Crippen molar-refractivity contribution in [2.24, 2.45) is 0 Å². The minimum absolute atomic E-state index is 0.223. The van der Waals surface area contributed by atoms with Crippen LogP contribution in [0.25, 0.3) is 38.4 Å². The molecule has 0 saturated heterocycles. The molecule has 1 aromatic heterocycles. The van der Waals surface area contributed by atoms with Crippen LogP contribution in [-0.4, -0.2) is 12.5 Å². The Bertz CT molecular complexity index is 1680. The third-order valence-electron chi connectivity index (χ3n) is 6.37. The molecule has 1 N–H and O–H groups in total. The van der Waals surface area contributed by atoms with Crippen molar-refractivity contribution in [1.82, 2.24) is 0 Å². The number of nitrogens with one attached hydrogen (secondary N) is 1. The average Bonchev–Trinajstić information content (AvgIpc) is 3.31. The summed E-state index contributed by atoms with van der Waals surface area (Å²) in [5, 5.41) is 5.52. The molecular formula is C31H25F2NO3. The number of anilines is 1. The Hall–Kier alpha value is -4.45. The number of carbonyl (C=O) groups is 1. The van der Waals surface area contributed by atoms with Gasteiger partial charge in [-0.05, 0) is 60.9 Å². The standard InChI is InChI=1S/C31H25F2NO3/c1-4-36-30-19(3)31-25(26(17-37-31)23-11-7-9-20-8-5-6-10-22(20)23)16-24(30)18(2)14-29(35)34-28-15-21(32)12-13-27(28)33/h5-17H,4H2,1-3H3,(H,34,35)/b18-14+. The van der Waals surface area contributed by atoms with Gasteiger partial charge >= 0.3 is 0 Å². The van der Waals surface area contributed by atoms with E-state index in [1.165, 1.54) is 6.08 Å². The number of halogens is 2. The van der Waals surface area contributed by atoms with E-state index >= 15 is 0 Å². The second kappa shape index (κ2) is 9.90. The smallest absolute Gasteiger partial charge is 0.248 e. The van der Waals surface area contributed by atoms with Crippen LogP contribution in [0.3, 0.4) is 0 Å². The molecule has 0 bridgehead atoms. The number of furan rings is 1. The van der Waals surface area contributed by atoms with Crippen molar-refractivity contribution in [3.05, 3.63) is 102 Å². The van der Waals surface area contributed by atoms with Crippen molar-refractivity contribution in [3.63, 3.8) is 0 Å². The number of hydrogen-bond donors (Lipinski definition) is 1. The lowest BCUT2D eigenvalue weighted by molar-refractivity contribution is -0.111. The van der Waals surface area contributed by atoms with Gasteiger partial charge in [0, 0.05) is 34.2 Å². The SMILES string of the molecule is CCOc1c(/C(C)=C/C(=O)Nc2cc(F)ccc2F)cc2c(-c3cccc4ccccc34)coc2c1C. The topological polar surface area (TPSA) is 51.5 Å². The van der Waals surface area contributed by atoms with Gasteiger partial charge in [-0.25, -0.2) is 8.78 Å². The van der Waals surface area contributed by atoms with Crippen molar-refractivity contribution in [2.45, 2.75) is 20.8 Å². The van der Waals surface area contributed by atoms with Crippen LogP contribution < -0.4 is 10.1 Å². The van der Waals surface area contributed by atoms with E-state index in [0.29, 0.717) is 29.1 Å². The quantitative estimate of drug-likeness (QED) is 0.240. The molecule has 4 aromatic carbocycles. The summed E-state index contributed by atoms with van der Waals surface area (Å²) in [6, 6.07) is 19.2. The van der Waals surface area contributed by atoms with Crippen LogP contribution in [0.1, 0.15) is 25.0 Å². The summed E-state index contributed by atoms with van der Waals surface area (Å²) in [5.74, 6) is -1.33. The van der Waals surface area contributed by atoms with E-state index in [1.54, 1.807) is 13.2 Å². The fourth-order valence-corrected chi connectivity index (χ4v) is 4.64. The van der Waals surface area contributed by atoms with E-state index in [2.05, 4.69) is 29.6 Å². The van der Waals surface area contributed by atoms with E-state index in [4.69, 9.17) is 9.15 Å². The summed E-state index contributed by atoms with van der Waals surface area (Å²) in [6.45, 7) is 6.00. The van der Waals surface area contributed by atoms with Crippen LogP contribution >= 0.6 is 0 Å². The monoisotopic (exact) mass is 497 g/mol. The summed E-state index contributed by atoms with van der Waals surface area (Å²) in [6.07, 6.45) is 3.10. The van der Waals surface area contributed by atoms with Crippen LogP contribution in [0.4, 0.5) is 14.5 Å². The van der Waals surface area contributed by atoms with Crippen LogP contribution in [0, 0.1) is 18.6 Å². The highest BCUT2D eigenvalue weighted by atomic mass is 19.1. The van der Waals surface area contributed by atoms with E-state index < -0.39 is 17.5 Å². The maximum atomic E-state index is 14.0. The number of ether oxygens (including phenoxy) is 1. The fraction of sp³-hybridized carbons (Fsp3) is 0.129. The summed E-state index contributed by atoms with van der Waals surface area (Å²) < 4.78 is 39.6. The van der Waals surface area contributed by atoms with Crippen molar-refractivity contribution < 1.29 is 22.7 Å². The third-order valence-corrected chi connectivity index (χ3v) is 6.37. The van der Waals surface area contributed by atoms with Gasteiger partial charge in [0.25, 0.3) is 0 Å². The first-order valence-corrected chi connectivity index (χ1v) is 12.0. The molecule has 4 nitrogen and oxygen atoms in total. The fourth-order valence-electron chi connectivity index (χ4n) is 4.64. The molecule has 0 fully saturated rings. The molecule has 0 aliphatic carbocycles. The van der Waals surface area contributed by atoms with Crippen molar-refractivity contribution in [3.8, 4) is 16.9 Å². The molecule has 0 aliphatic heterocycles. The summed E-state index contributed by atoms with van der Waals surface area (Å²) in [5.41, 5.74) is 4.57. The zero-order valence-electron chi connectivity index (χ0n) is 20.7. The molecule has 37 heavy (non-hydrogen) atoms. The largest absolute Gasteiger partial charge is 0.493 e. The van der Waals surface area contributed by atoms with Gasteiger partial charge in [0.2, 0.25) is 5.91 Å². The van der Waals surface area contributed by atoms with E-state index in [-0.39, 0.29) is 5.69 Å². The Balaban J connectivity index is 1.62. The predicted octanol–water partition coefficient (Wildman–Crippen LogP) is 8.28. The number of benzene rings is 4. The molecule has 5 aromatic rings. The zero-order chi connectivity index (χ0) is 26.1. The van der Waals surface area contributed by atoms with Gasteiger partial charge in [0.15, 0.2) is 0 Å². The minimum atomic E-state index is -0.716. The molecule has 0 saturated carbocycles. The number of amides is 1. The number of rotatable bonds is 6. The van der Waals surface area contributed by atoms with Gasteiger partial charge in [-0.1, -0.05) is 42.5 Å². The van der Waals surface area contributed by atoms with Gasteiger partial charge in [0.1, 0.15) is 23.0 Å². The summed E-state index contributed by atoms with van der Waals surface area (Å²) >= 11 is 0. The van der Waals surface area contributed by atoms with Crippen LogP contribution in [0.2, 0.25) is 0 Å². The van der Waals surface area contributed by atoms with Crippen molar-refractivity contribution in [1.29, 1.82) is 0 Å². The normalized spacial score (nSPS) is 11.8. The Kier molecular flexibility index (Phi) is 6.49. The molecule has 5 rings (SSSR count). The number of carbonyl (C=O) groups excluding carboxylic acids is 1. The molecule has 0 radical (unpaired) electrons. The Morgan fingerprint density at radius 1 is 1.00 bits per heavy atom. The van der Waals surface area contributed by atoms with Crippen molar-refractivity contribution in [2.75, 3.05) is 11.9 Å². The maximum Gasteiger partial charge on any atom is 0.248 e. The van der Waals surface area contributed by atoms with E-state index in [1.807, 2.05) is 38.1 Å². The van der Waals surface area contributed by atoms with E-state index in [0.717, 1.165) is 51.0 Å².